The molecular formula is C26H25BrN2O5. The number of halogens is 1. The van der Waals surface area contributed by atoms with Crippen LogP contribution in [0.5, 0.6) is 17.2 Å². The van der Waals surface area contributed by atoms with E-state index in [2.05, 4.69) is 15.9 Å². The van der Waals surface area contributed by atoms with Crippen molar-refractivity contribution in [1.29, 1.82) is 0 Å². The molecule has 1 aliphatic heterocycles. The van der Waals surface area contributed by atoms with Crippen molar-refractivity contribution in [3.63, 3.8) is 0 Å². The van der Waals surface area contributed by atoms with Gasteiger partial charge in [0.2, 0.25) is 5.75 Å². The smallest absolute Gasteiger partial charge is 0.325 e. The number of esters is 1. The van der Waals surface area contributed by atoms with E-state index in [1.807, 2.05) is 65.6 Å². The molecule has 0 aliphatic carbocycles. The van der Waals surface area contributed by atoms with Gasteiger partial charge in [0.05, 0.1) is 40.2 Å². The van der Waals surface area contributed by atoms with Crippen LogP contribution in [0, 0.1) is 0 Å². The highest BCUT2D eigenvalue weighted by atomic mass is 79.9. The SMILES string of the molecule is COC(=O)CN1C(c2cc(OC)c(OC)c(OC)c2)=Nc2ccc(Br)cc2[C@H]1c1ccccc1. The lowest BCUT2D eigenvalue weighted by molar-refractivity contribution is -0.141. The lowest BCUT2D eigenvalue weighted by Crippen LogP contribution is -2.42. The second-order valence-electron chi connectivity index (χ2n) is 7.57. The van der Waals surface area contributed by atoms with Gasteiger partial charge in [-0.25, -0.2) is 4.99 Å². The molecule has 0 N–H and O–H groups in total. The van der Waals surface area contributed by atoms with Gasteiger partial charge in [-0.15, -0.1) is 0 Å². The molecule has 1 aliphatic rings. The van der Waals surface area contributed by atoms with Gasteiger partial charge < -0.3 is 23.8 Å². The zero-order valence-corrected chi connectivity index (χ0v) is 21.0. The lowest BCUT2D eigenvalue weighted by Gasteiger charge is -2.38. The summed E-state index contributed by atoms with van der Waals surface area (Å²) in [6, 6.07) is 19.3. The number of fused-ring (bicyclic) bond motifs is 1. The number of rotatable bonds is 7. The summed E-state index contributed by atoms with van der Waals surface area (Å²) in [6.07, 6.45) is 0. The fourth-order valence-electron chi connectivity index (χ4n) is 4.12. The van der Waals surface area contributed by atoms with Crippen LogP contribution in [0.4, 0.5) is 5.69 Å². The summed E-state index contributed by atoms with van der Waals surface area (Å²) in [5, 5.41) is 0. The van der Waals surface area contributed by atoms with Crippen molar-refractivity contribution in [3.05, 3.63) is 81.8 Å². The van der Waals surface area contributed by atoms with Crippen LogP contribution in [0.15, 0.2) is 70.1 Å². The molecule has 3 aromatic carbocycles. The van der Waals surface area contributed by atoms with Crippen LogP contribution in [-0.4, -0.2) is 51.7 Å². The summed E-state index contributed by atoms with van der Waals surface area (Å²) < 4.78 is 22.6. The Bertz CT molecular complexity index is 1200. The Kier molecular flexibility index (Phi) is 7.07. The highest BCUT2D eigenvalue weighted by Crippen LogP contribution is 2.44. The van der Waals surface area contributed by atoms with E-state index in [1.165, 1.54) is 7.11 Å². The molecular weight excluding hydrogens is 500 g/mol. The Labute approximate surface area is 207 Å². The molecule has 8 heteroatoms. The second-order valence-corrected chi connectivity index (χ2v) is 8.49. The number of aliphatic imine (C=N–C) groups is 1. The zero-order valence-electron chi connectivity index (χ0n) is 19.4. The molecule has 0 unspecified atom stereocenters. The molecule has 7 nitrogen and oxygen atoms in total. The van der Waals surface area contributed by atoms with Gasteiger partial charge in [0.15, 0.2) is 11.5 Å². The maximum absolute atomic E-state index is 12.6. The Morgan fingerprint density at radius 2 is 1.62 bits per heavy atom. The normalized spacial score (nSPS) is 14.7. The number of amidine groups is 1. The summed E-state index contributed by atoms with van der Waals surface area (Å²) in [4.78, 5) is 19.5. The van der Waals surface area contributed by atoms with Gasteiger partial charge in [0.25, 0.3) is 0 Å². The topological polar surface area (TPSA) is 69.6 Å². The maximum atomic E-state index is 12.6. The van der Waals surface area contributed by atoms with E-state index in [1.54, 1.807) is 21.3 Å². The van der Waals surface area contributed by atoms with Crippen LogP contribution in [0.2, 0.25) is 0 Å². The van der Waals surface area contributed by atoms with E-state index in [0.717, 1.165) is 21.3 Å². The molecule has 4 rings (SSSR count). The summed E-state index contributed by atoms with van der Waals surface area (Å²) in [5.41, 5.74) is 3.51. The van der Waals surface area contributed by atoms with Gasteiger partial charge in [0.1, 0.15) is 12.4 Å². The molecule has 0 fully saturated rings. The van der Waals surface area contributed by atoms with E-state index in [0.29, 0.717) is 28.6 Å². The van der Waals surface area contributed by atoms with E-state index >= 15 is 0 Å². The first-order chi connectivity index (χ1) is 16.5. The third kappa shape index (κ3) is 4.46. The van der Waals surface area contributed by atoms with Gasteiger partial charge in [0, 0.05) is 15.6 Å². The average molecular weight is 525 g/mol. The first-order valence-electron chi connectivity index (χ1n) is 10.6. The molecule has 0 saturated carbocycles. The Morgan fingerprint density at radius 3 is 2.21 bits per heavy atom. The fraction of sp³-hybridized carbons (Fsp3) is 0.231. The van der Waals surface area contributed by atoms with Crippen molar-refractivity contribution >= 4 is 33.4 Å². The summed E-state index contributed by atoms with van der Waals surface area (Å²) in [7, 11) is 6.07. The molecule has 0 aromatic heterocycles. The molecule has 0 amide bonds. The Morgan fingerprint density at radius 1 is 0.941 bits per heavy atom. The van der Waals surface area contributed by atoms with Crippen molar-refractivity contribution in [2.45, 2.75) is 6.04 Å². The molecule has 0 spiro atoms. The van der Waals surface area contributed by atoms with Gasteiger partial charge in [-0.1, -0.05) is 46.3 Å². The highest BCUT2D eigenvalue weighted by Gasteiger charge is 2.34. The largest absolute Gasteiger partial charge is 0.493 e. The lowest BCUT2D eigenvalue weighted by atomic mass is 9.92. The summed E-state index contributed by atoms with van der Waals surface area (Å²) in [5.74, 6) is 1.69. The minimum absolute atomic E-state index is 0.00247. The first-order valence-corrected chi connectivity index (χ1v) is 11.4. The van der Waals surface area contributed by atoms with E-state index in [-0.39, 0.29) is 18.6 Å². The van der Waals surface area contributed by atoms with Crippen LogP contribution in [0.3, 0.4) is 0 Å². The van der Waals surface area contributed by atoms with E-state index < -0.39 is 0 Å². The maximum Gasteiger partial charge on any atom is 0.325 e. The predicted octanol–water partition coefficient (Wildman–Crippen LogP) is 5.13. The molecule has 34 heavy (non-hydrogen) atoms. The van der Waals surface area contributed by atoms with Crippen molar-refractivity contribution in [2.75, 3.05) is 35.0 Å². The van der Waals surface area contributed by atoms with Crippen LogP contribution in [0.25, 0.3) is 0 Å². The summed E-state index contributed by atoms with van der Waals surface area (Å²) >= 11 is 3.58. The average Bonchev–Trinajstić information content (AvgIpc) is 2.87. The molecule has 176 valence electrons. The third-order valence-electron chi connectivity index (χ3n) is 5.66. The highest BCUT2D eigenvalue weighted by molar-refractivity contribution is 9.10. The van der Waals surface area contributed by atoms with Gasteiger partial charge in [-0.05, 0) is 35.9 Å². The Balaban J connectivity index is 1.98. The van der Waals surface area contributed by atoms with Crippen LogP contribution >= 0.6 is 15.9 Å². The molecule has 0 bridgehead atoms. The number of benzene rings is 3. The number of carbonyl (C=O) groups excluding carboxylic acids is 1. The number of methoxy groups -OCH3 is 4. The summed E-state index contributed by atoms with van der Waals surface area (Å²) in [6.45, 7) is -0.00247. The number of ether oxygens (including phenoxy) is 4. The number of hydrogen-bond donors (Lipinski definition) is 0. The monoisotopic (exact) mass is 524 g/mol. The predicted molar refractivity (Wildman–Crippen MR) is 133 cm³/mol. The van der Waals surface area contributed by atoms with Crippen molar-refractivity contribution < 1.29 is 23.7 Å². The van der Waals surface area contributed by atoms with Gasteiger partial charge >= 0.3 is 5.97 Å². The quantitative estimate of drug-likeness (QED) is 0.399. The molecule has 1 atom stereocenters. The van der Waals surface area contributed by atoms with Crippen LogP contribution in [0.1, 0.15) is 22.7 Å². The molecule has 0 radical (unpaired) electrons. The van der Waals surface area contributed by atoms with Gasteiger partial charge in [-0.3, -0.25) is 4.79 Å². The zero-order chi connectivity index (χ0) is 24.2. The van der Waals surface area contributed by atoms with Crippen LogP contribution in [-0.2, 0) is 9.53 Å². The van der Waals surface area contributed by atoms with E-state index in [4.69, 9.17) is 23.9 Å². The van der Waals surface area contributed by atoms with Crippen molar-refractivity contribution in [2.24, 2.45) is 4.99 Å². The van der Waals surface area contributed by atoms with Crippen molar-refractivity contribution in [1.82, 2.24) is 4.90 Å². The molecule has 3 aromatic rings. The van der Waals surface area contributed by atoms with Crippen molar-refractivity contribution in [3.8, 4) is 17.2 Å². The number of nitrogens with zero attached hydrogens (tertiary/aromatic N) is 2. The van der Waals surface area contributed by atoms with Gasteiger partial charge in [-0.2, -0.15) is 0 Å². The van der Waals surface area contributed by atoms with E-state index in [9.17, 15) is 4.79 Å². The number of hydrogen-bond acceptors (Lipinski definition) is 7. The Hall–Kier alpha value is -3.52. The fourth-order valence-corrected chi connectivity index (χ4v) is 4.50. The third-order valence-corrected chi connectivity index (χ3v) is 6.15. The minimum atomic E-state index is -0.375. The standard InChI is InChI=1S/C26H25BrN2O5/c1-31-21-12-17(13-22(32-2)25(21)34-4)26-28-20-11-10-18(27)14-19(20)24(16-8-6-5-7-9-16)29(26)15-23(30)33-3/h5-14,24H,15H2,1-4H3/t24-/m1/s1. The minimum Gasteiger partial charge on any atom is -0.493 e. The molecule has 0 saturated heterocycles. The number of carbonyl (C=O) groups is 1. The second kappa shape index (κ2) is 10.2. The van der Waals surface area contributed by atoms with Crippen LogP contribution < -0.4 is 14.2 Å². The first kappa shape index (κ1) is 23.6. The molecule has 1 heterocycles.